The van der Waals surface area contributed by atoms with Crippen molar-refractivity contribution >= 4 is 12.0 Å². The third-order valence-corrected chi connectivity index (χ3v) is 2.83. The Labute approximate surface area is 117 Å². The van der Waals surface area contributed by atoms with Gasteiger partial charge in [-0.25, -0.2) is 4.39 Å². The zero-order valence-electron chi connectivity index (χ0n) is 11.2. The van der Waals surface area contributed by atoms with E-state index in [4.69, 9.17) is 0 Å². The summed E-state index contributed by atoms with van der Waals surface area (Å²) in [5.74, 6) is -0.182. The summed E-state index contributed by atoms with van der Waals surface area (Å²) in [4.78, 5) is 19.9. The first-order chi connectivity index (χ1) is 9.69. The van der Waals surface area contributed by atoms with Gasteiger partial charge < -0.3 is 0 Å². The molecule has 0 aliphatic carbocycles. The molecule has 102 valence electrons. The zero-order valence-corrected chi connectivity index (χ0v) is 11.2. The van der Waals surface area contributed by atoms with Gasteiger partial charge in [-0.05, 0) is 29.8 Å². The second-order valence-corrected chi connectivity index (χ2v) is 4.34. The summed E-state index contributed by atoms with van der Waals surface area (Å²) in [5.41, 5.74) is 2.25. The van der Waals surface area contributed by atoms with Crippen LogP contribution in [0, 0.1) is 5.82 Å². The highest BCUT2D eigenvalue weighted by Crippen LogP contribution is 2.05. The van der Waals surface area contributed by atoms with Gasteiger partial charge in [0.2, 0.25) is 0 Å². The Morgan fingerprint density at radius 1 is 1.25 bits per heavy atom. The van der Waals surface area contributed by atoms with Crippen molar-refractivity contribution in [3.05, 3.63) is 65.2 Å². The Morgan fingerprint density at radius 3 is 2.60 bits per heavy atom. The number of carbonyl (C=O) groups is 1. The second-order valence-electron chi connectivity index (χ2n) is 4.34. The Kier molecular flexibility index (Phi) is 4.71. The standard InChI is InChI=1S/C16H15FN2O/c1-2-16(20)13-5-8-15(19-10-13)11-18-9-12-3-6-14(17)7-4-12/h3-10H,2,11H2,1H3/i17-1. The molecule has 20 heavy (non-hydrogen) atoms. The summed E-state index contributed by atoms with van der Waals surface area (Å²) in [6, 6.07) is 9.67. The highest BCUT2D eigenvalue weighted by Gasteiger charge is 2.02. The van der Waals surface area contributed by atoms with E-state index < -0.39 is 0 Å². The maximum Gasteiger partial charge on any atom is 0.164 e. The predicted octanol–water partition coefficient (Wildman–Crippen LogP) is 3.43. The molecule has 0 atom stereocenters. The average molecular weight is 269 g/mol. The number of nitrogens with zero attached hydrogens (tertiary/aromatic N) is 2. The van der Waals surface area contributed by atoms with Gasteiger partial charge in [-0.3, -0.25) is 14.8 Å². The van der Waals surface area contributed by atoms with Crippen molar-refractivity contribution in [1.29, 1.82) is 0 Å². The second kappa shape index (κ2) is 6.70. The van der Waals surface area contributed by atoms with E-state index in [1.807, 2.05) is 6.92 Å². The van der Waals surface area contributed by atoms with E-state index in [1.54, 1.807) is 36.7 Å². The van der Waals surface area contributed by atoms with E-state index in [9.17, 15) is 9.18 Å². The van der Waals surface area contributed by atoms with E-state index >= 15 is 0 Å². The number of pyridine rings is 1. The number of hydrogen-bond acceptors (Lipinski definition) is 3. The van der Waals surface area contributed by atoms with Crippen LogP contribution in [-0.2, 0) is 6.54 Å². The van der Waals surface area contributed by atoms with Crippen molar-refractivity contribution in [3.63, 3.8) is 0 Å². The van der Waals surface area contributed by atoms with E-state index in [2.05, 4.69) is 9.98 Å². The fourth-order valence-electron chi connectivity index (χ4n) is 1.68. The smallest absolute Gasteiger partial charge is 0.164 e. The highest BCUT2D eigenvalue weighted by molar-refractivity contribution is 5.95. The van der Waals surface area contributed by atoms with Gasteiger partial charge in [-0.2, -0.15) is 0 Å². The maximum absolute atomic E-state index is 12.7. The minimum Gasteiger partial charge on any atom is -0.294 e. The summed E-state index contributed by atoms with van der Waals surface area (Å²) in [7, 11) is 0. The Bertz CT molecular complexity index is 603. The van der Waals surface area contributed by atoms with Gasteiger partial charge in [0, 0.05) is 24.4 Å². The minimum absolute atomic E-state index is 0.0823. The van der Waals surface area contributed by atoms with Crippen LogP contribution < -0.4 is 0 Å². The first kappa shape index (κ1) is 14.1. The number of hydrogen-bond donors (Lipinski definition) is 0. The number of aliphatic imine (C=N–C) groups is 1. The van der Waals surface area contributed by atoms with E-state index in [1.165, 1.54) is 12.1 Å². The largest absolute Gasteiger partial charge is 0.294 e. The minimum atomic E-state index is -0.264. The lowest BCUT2D eigenvalue weighted by atomic mass is 10.1. The van der Waals surface area contributed by atoms with Crippen molar-refractivity contribution in [1.82, 2.24) is 4.98 Å². The van der Waals surface area contributed by atoms with E-state index in [0.717, 1.165) is 11.3 Å². The van der Waals surface area contributed by atoms with Gasteiger partial charge in [0.05, 0.1) is 12.2 Å². The van der Waals surface area contributed by atoms with Gasteiger partial charge in [0.15, 0.2) is 5.78 Å². The molecule has 2 rings (SSSR count). The van der Waals surface area contributed by atoms with Gasteiger partial charge in [-0.1, -0.05) is 19.1 Å². The zero-order chi connectivity index (χ0) is 14.4. The SMILES string of the molecule is CCC(=O)c1ccc(CN=Cc2ccc([18F])cc2)nc1. The number of rotatable bonds is 5. The summed E-state index contributed by atoms with van der Waals surface area (Å²) >= 11 is 0. The van der Waals surface area contributed by atoms with E-state index in [0.29, 0.717) is 18.5 Å². The number of halogens is 1. The molecule has 0 saturated heterocycles. The summed E-state index contributed by atoms with van der Waals surface area (Å²) in [6.07, 6.45) is 3.73. The molecule has 3 nitrogen and oxygen atoms in total. The lowest BCUT2D eigenvalue weighted by molar-refractivity contribution is 0.0988. The van der Waals surface area contributed by atoms with Crippen LogP contribution in [0.15, 0.2) is 47.6 Å². The lowest BCUT2D eigenvalue weighted by Gasteiger charge is -1.99. The first-order valence-electron chi connectivity index (χ1n) is 6.42. The van der Waals surface area contributed by atoms with Crippen molar-refractivity contribution in [3.8, 4) is 0 Å². The van der Waals surface area contributed by atoms with Gasteiger partial charge in [-0.15, -0.1) is 0 Å². The van der Waals surface area contributed by atoms with Crippen molar-refractivity contribution in [2.75, 3.05) is 0 Å². The van der Waals surface area contributed by atoms with Crippen molar-refractivity contribution in [2.24, 2.45) is 4.99 Å². The van der Waals surface area contributed by atoms with Crippen LogP contribution in [0.25, 0.3) is 0 Å². The van der Waals surface area contributed by atoms with Crippen LogP contribution in [0.3, 0.4) is 0 Å². The number of aromatic nitrogens is 1. The molecule has 0 saturated carbocycles. The van der Waals surface area contributed by atoms with Crippen LogP contribution in [0.1, 0.15) is 35.0 Å². The Balaban J connectivity index is 1.97. The monoisotopic (exact) mass is 269 g/mol. The van der Waals surface area contributed by atoms with Gasteiger partial charge in [0.25, 0.3) is 0 Å². The molecule has 0 N–H and O–H groups in total. The molecule has 1 aromatic heterocycles. The van der Waals surface area contributed by atoms with Crippen molar-refractivity contribution in [2.45, 2.75) is 19.9 Å². The van der Waals surface area contributed by atoms with Gasteiger partial charge >= 0.3 is 0 Å². The summed E-state index contributed by atoms with van der Waals surface area (Å²) in [6.45, 7) is 2.25. The molecular weight excluding hydrogens is 254 g/mol. The normalized spacial score (nSPS) is 10.9. The molecule has 0 aliphatic heterocycles. The fraction of sp³-hybridized carbons (Fsp3) is 0.188. The van der Waals surface area contributed by atoms with Crippen LogP contribution in [-0.4, -0.2) is 17.0 Å². The fourth-order valence-corrected chi connectivity index (χ4v) is 1.68. The summed E-state index contributed by atoms with van der Waals surface area (Å²) < 4.78 is 12.7. The number of benzene rings is 1. The van der Waals surface area contributed by atoms with Gasteiger partial charge in [0.1, 0.15) is 5.82 Å². The van der Waals surface area contributed by atoms with Crippen molar-refractivity contribution < 1.29 is 9.18 Å². The molecule has 1 aromatic carbocycles. The quantitative estimate of drug-likeness (QED) is 0.616. The molecule has 0 aliphatic rings. The first-order valence-corrected chi connectivity index (χ1v) is 6.42. The molecule has 0 fully saturated rings. The number of Topliss-reactive ketones (excluding diaryl/α,β-unsaturated/α-hetero) is 1. The third kappa shape index (κ3) is 3.82. The van der Waals surface area contributed by atoms with E-state index in [-0.39, 0.29) is 11.6 Å². The van der Waals surface area contributed by atoms with Crippen LogP contribution in [0.2, 0.25) is 0 Å². The van der Waals surface area contributed by atoms with Crippen LogP contribution in [0.5, 0.6) is 0 Å². The molecule has 0 amide bonds. The molecule has 0 unspecified atom stereocenters. The summed E-state index contributed by atoms with van der Waals surface area (Å²) in [5, 5.41) is 0. The number of ketones is 1. The molecule has 4 heteroatoms. The topological polar surface area (TPSA) is 42.3 Å². The lowest BCUT2D eigenvalue weighted by Crippen LogP contribution is -1.98. The number of carbonyl (C=O) groups excluding carboxylic acids is 1. The molecule has 0 radical (unpaired) electrons. The third-order valence-electron chi connectivity index (χ3n) is 2.83. The molecule has 2 aromatic rings. The maximum atomic E-state index is 12.7. The Morgan fingerprint density at radius 2 is 2.00 bits per heavy atom. The van der Waals surface area contributed by atoms with Crippen LogP contribution in [0.4, 0.5) is 4.39 Å². The Hall–Kier alpha value is -2.36. The highest BCUT2D eigenvalue weighted by atomic mass is 18.2. The van der Waals surface area contributed by atoms with Crippen LogP contribution >= 0.6 is 0 Å². The molecule has 0 spiro atoms. The molecule has 1 heterocycles. The average Bonchev–Trinajstić information content (AvgIpc) is 2.49. The predicted molar refractivity (Wildman–Crippen MR) is 76.6 cm³/mol. The molecule has 0 bridgehead atoms. The molecular formula is C16H15FN2O.